The van der Waals surface area contributed by atoms with E-state index in [0.29, 0.717) is 16.5 Å². The minimum absolute atomic E-state index is 0.360. The van der Waals surface area contributed by atoms with Crippen molar-refractivity contribution in [2.75, 3.05) is 0 Å². The number of halogens is 3. The second-order valence-electron chi connectivity index (χ2n) is 4.02. The van der Waals surface area contributed by atoms with Crippen molar-refractivity contribution in [3.05, 3.63) is 68.4 Å². The summed E-state index contributed by atoms with van der Waals surface area (Å²) in [5, 5.41) is 10.1. The van der Waals surface area contributed by atoms with Crippen LogP contribution in [0.5, 0.6) is 0 Å². The molecule has 1 atom stereocenters. The third-order valence-electron chi connectivity index (χ3n) is 2.65. The Labute approximate surface area is 122 Å². The normalized spacial score (nSPS) is 12.4. The lowest BCUT2D eigenvalue weighted by atomic mass is 10.0. The van der Waals surface area contributed by atoms with Gasteiger partial charge in [-0.05, 0) is 51.3 Å². The molecule has 0 spiro atoms. The van der Waals surface area contributed by atoms with Gasteiger partial charge in [0.05, 0.1) is 10.6 Å². The summed E-state index contributed by atoms with van der Waals surface area (Å²) < 4.78 is 14.7. The molecule has 2 aromatic carbocycles. The van der Waals surface area contributed by atoms with Crippen molar-refractivity contribution < 1.29 is 9.50 Å². The molecule has 2 aromatic rings. The molecule has 0 saturated heterocycles. The van der Waals surface area contributed by atoms with Gasteiger partial charge >= 0.3 is 0 Å². The minimum Gasteiger partial charge on any atom is -0.388 e. The molecule has 1 nitrogen and oxygen atoms in total. The van der Waals surface area contributed by atoms with Gasteiger partial charge in [-0.15, -0.1) is 0 Å². The lowest BCUT2D eigenvalue weighted by molar-refractivity contribution is 0.178. The van der Waals surface area contributed by atoms with Crippen LogP contribution in [0.2, 0.25) is 0 Å². The van der Waals surface area contributed by atoms with E-state index in [1.165, 1.54) is 6.07 Å². The first-order valence-corrected chi connectivity index (χ1v) is 7.02. The molecular weight excluding hydrogens is 363 g/mol. The Bertz CT molecular complexity index is 557. The van der Waals surface area contributed by atoms with Gasteiger partial charge in [0.25, 0.3) is 0 Å². The Kier molecular flexibility index (Phi) is 4.54. The highest BCUT2D eigenvalue weighted by Gasteiger charge is 2.11. The Morgan fingerprint density at radius 1 is 1.11 bits per heavy atom. The summed E-state index contributed by atoms with van der Waals surface area (Å²) in [6.45, 7) is 0. The summed E-state index contributed by atoms with van der Waals surface area (Å²) >= 11 is 6.47. The molecule has 0 amide bonds. The van der Waals surface area contributed by atoms with E-state index >= 15 is 0 Å². The average molecular weight is 374 g/mol. The van der Waals surface area contributed by atoms with Gasteiger partial charge in [0, 0.05) is 10.9 Å². The van der Waals surface area contributed by atoms with E-state index in [-0.39, 0.29) is 5.82 Å². The van der Waals surface area contributed by atoms with E-state index < -0.39 is 6.10 Å². The highest BCUT2D eigenvalue weighted by Crippen LogP contribution is 2.24. The first kappa shape index (κ1) is 13.7. The zero-order chi connectivity index (χ0) is 13.1. The van der Waals surface area contributed by atoms with Gasteiger partial charge in [-0.3, -0.25) is 0 Å². The Morgan fingerprint density at radius 2 is 1.89 bits per heavy atom. The molecular formula is C14H11Br2FO. The van der Waals surface area contributed by atoms with Crippen molar-refractivity contribution in [1.29, 1.82) is 0 Å². The summed E-state index contributed by atoms with van der Waals surface area (Å²) in [4.78, 5) is 0. The molecule has 0 aliphatic heterocycles. The first-order valence-electron chi connectivity index (χ1n) is 5.44. The molecule has 18 heavy (non-hydrogen) atoms. The fourth-order valence-corrected chi connectivity index (χ4v) is 2.42. The Morgan fingerprint density at radius 3 is 2.56 bits per heavy atom. The van der Waals surface area contributed by atoms with Crippen molar-refractivity contribution in [2.45, 2.75) is 12.5 Å². The quantitative estimate of drug-likeness (QED) is 0.831. The number of aliphatic hydroxyl groups excluding tert-OH is 1. The van der Waals surface area contributed by atoms with Crippen LogP contribution in [0.1, 0.15) is 17.2 Å². The van der Waals surface area contributed by atoms with Crippen molar-refractivity contribution in [1.82, 2.24) is 0 Å². The summed E-state index contributed by atoms with van der Waals surface area (Å²) in [7, 11) is 0. The van der Waals surface area contributed by atoms with Crippen LogP contribution in [-0.2, 0) is 6.42 Å². The molecule has 0 heterocycles. The standard InChI is InChI=1S/C14H11Br2FO/c15-11-3-1-2-9(6-11)7-14(18)10-4-5-12(16)13(17)8-10/h1-6,8,14,18H,7H2. The molecule has 0 fully saturated rings. The number of rotatable bonds is 3. The molecule has 2 rings (SSSR count). The van der Waals surface area contributed by atoms with Crippen molar-refractivity contribution in [3.8, 4) is 0 Å². The SMILES string of the molecule is OC(Cc1cccc(Br)c1)c1ccc(Br)c(F)c1. The zero-order valence-electron chi connectivity index (χ0n) is 9.41. The van der Waals surface area contributed by atoms with E-state index in [4.69, 9.17) is 0 Å². The van der Waals surface area contributed by atoms with Gasteiger partial charge in [0.2, 0.25) is 0 Å². The van der Waals surface area contributed by atoms with E-state index in [2.05, 4.69) is 31.9 Å². The van der Waals surface area contributed by atoms with Crippen molar-refractivity contribution in [3.63, 3.8) is 0 Å². The maximum Gasteiger partial charge on any atom is 0.137 e. The van der Waals surface area contributed by atoms with E-state index in [1.807, 2.05) is 24.3 Å². The minimum atomic E-state index is -0.707. The molecule has 0 saturated carbocycles. The van der Waals surface area contributed by atoms with E-state index in [0.717, 1.165) is 10.0 Å². The van der Waals surface area contributed by atoms with Crippen molar-refractivity contribution >= 4 is 31.9 Å². The smallest absolute Gasteiger partial charge is 0.137 e. The lowest BCUT2D eigenvalue weighted by Gasteiger charge is -2.12. The molecule has 0 aromatic heterocycles. The van der Waals surface area contributed by atoms with Gasteiger partial charge < -0.3 is 5.11 Å². The van der Waals surface area contributed by atoms with Crippen LogP contribution in [0.3, 0.4) is 0 Å². The lowest BCUT2D eigenvalue weighted by Crippen LogP contribution is -2.02. The maximum atomic E-state index is 13.4. The van der Waals surface area contributed by atoms with Crippen LogP contribution < -0.4 is 0 Å². The number of benzene rings is 2. The van der Waals surface area contributed by atoms with Gasteiger partial charge in [0.1, 0.15) is 5.82 Å². The summed E-state index contributed by atoms with van der Waals surface area (Å²) in [5.74, 6) is -0.360. The highest BCUT2D eigenvalue weighted by atomic mass is 79.9. The van der Waals surface area contributed by atoms with Crippen molar-refractivity contribution in [2.24, 2.45) is 0 Å². The van der Waals surface area contributed by atoms with Gasteiger partial charge in [-0.2, -0.15) is 0 Å². The zero-order valence-corrected chi connectivity index (χ0v) is 12.6. The third kappa shape index (κ3) is 3.40. The summed E-state index contributed by atoms with van der Waals surface area (Å²) in [6.07, 6.45) is -0.248. The second kappa shape index (κ2) is 5.95. The maximum absolute atomic E-state index is 13.4. The van der Waals surface area contributed by atoms with Gasteiger partial charge in [-0.25, -0.2) is 4.39 Å². The molecule has 0 bridgehead atoms. The molecule has 94 valence electrons. The predicted octanol–water partition coefficient (Wildman–Crippen LogP) is 4.63. The Balaban J connectivity index is 2.16. The molecule has 0 aliphatic rings. The van der Waals surface area contributed by atoms with Gasteiger partial charge in [-0.1, -0.05) is 34.1 Å². The highest BCUT2D eigenvalue weighted by molar-refractivity contribution is 9.10. The van der Waals surface area contributed by atoms with Crippen LogP contribution in [-0.4, -0.2) is 5.11 Å². The second-order valence-corrected chi connectivity index (χ2v) is 5.79. The first-order chi connectivity index (χ1) is 8.56. The predicted molar refractivity (Wildman–Crippen MR) is 76.9 cm³/mol. The molecule has 1 N–H and O–H groups in total. The van der Waals surface area contributed by atoms with E-state index in [9.17, 15) is 9.50 Å². The average Bonchev–Trinajstić information content (AvgIpc) is 2.32. The molecule has 4 heteroatoms. The third-order valence-corrected chi connectivity index (χ3v) is 3.78. The van der Waals surface area contributed by atoms with Crippen LogP contribution in [0.15, 0.2) is 51.4 Å². The van der Waals surface area contributed by atoms with Gasteiger partial charge in [0.15, 0.2) is 0 Å². The van der Waals surface area contributed by atoms with Crippen LogP contribution in [0.4, 0.5) is 4.39 Å². The van der Waals surface area contributed by atoms with E-state index in [1.54, 1.807) is 12.1 Å². The molecule has 1 unspecified atom stereocenters. The number of hydrogen-bond acceptors (Lipinski definition) is 1. The summed E-state index contributed by atoms with van der Waals surface area (Å²) in [5.41, 5.74) is 1.58. The number of aliphatic hydroxyl groups is 1. The van der Waals surface area contributed by atoms with Crippen LogP contribution in [0.25, 0.3) is 0 Å². The van der Waals surface area contributed by atoms with Crippen LogP contribution >= 0.6 is 31.9 Å². The fourth-order valence-electron chi connectivity index (χ4n) is 1.72. The topological polar surface area (TPSA) is 20.2 Å². The fraction of sp³-hybridized carbons (Fsp3) is 0.143. The monoisotopic (exact) mass is 372 g/mol. The Hall–Kier alpha value is -0.710. The largest absolute Gasteiger partial charge is 0.388 e. The number of hydrogen-bond donors (Lipinski definition) is 1. The molecule has 0 radical (unpaired) electrons. The summed E-state index contributed by atoms with van der Waals surface area (Å²) in [6, 6.07) is 12.4. The van der Waals surface area contributed by atoms with Crippen LogP contribution in [0, 0.1) is 5.82 Å². The molecule has 0 aliphatic carbocycles.